The number of hydrogen-bond acceptors (Lipinski definition) is 3. The molecule has 0 spiro atoms. The van der Waals surface area contributed by atoms with Crippen molar-refractivity contribution >= 4 is 23.4 Å². The van der Waals surface area contributed by atoms with Crippen LogP contribution in [-0.2, 0) is 9.53 Å². The molecule has 94 valence electrons. The van der Waals surface area contributed by atoms with Gasteiger partial charge in [-0.25, -0.2) is 0 Å². The highest BCUT2D eigenvalue weighted by molar-refractivity contribution is 8.00. The lowest BCUT2D eigenvalue weighted by molar-refractivity contribution is -0.120. The molecule has 0 fully saturated rings. The third-order valence-electron chi connectivity index (χ3n) is 1.96. The predicted octanol–water partition coefficient (Wildman–Crippen LogP) is 3.16. The van der Waals surface area contributed by atoms with E-state index in [1.165, 1.54) is 0 Å². The van der Waals surface area contributed by atoms with Crippen molar-refractivity contribution in [3.63, 3.8) is 0 Å². The number of carbonyl (C=O) groups excluding carboxylic acids is 1. The molecular formula is C13H19NO2S. The van der Waals surface area contributed by atoms with E-state index >= 15 is 0 Å². The average molecular weight is 253 g/mol. The van der Waals surface area contributed by atoms with Gasteiger partial charge in [-0.1, -0.05) is 26.0 Å². The van der Waals surface area contributed by atoms with Gasteiger partial charge in [0.1, 0.15) is 6.61 Å². The molecule has 1 rings (SSSR count). The molecule has 17 heavy (non-hydrogen) atoms. The summed E-state index contributed by atoms with van der Waals surface area (Å²) in [7, 11) is 0. The number of nitrogens with one attached hydrogen (secondary N) is 1. The van der Waals surface area contributed by atoms with Crippen LogP contribution < -0.4 is 5.32 Å². The Morgan fingerprint density at radius 3 is 2.76 bits per heavy atom. The van der Waals surface area contributed by atoms with E-state index in [9.17, 15) is 4.79 Å². The Morgan fingerprint density at radius 2 is 2.12 bits per heavy atom. The molecule has 0 radical (unpaired) electrons. The van der Waals surface area contributed by atoms with E-state index in [1.807, 2.05) is 31.2 Å². The zero-order valence-corrected chi connectivity index (χ0v) is 11.3. The van der Waals surface area contributed by atoms with Gasteiger partial charge >= 0.3 is 0 Å². The molecule has 0 heterocycles. The van der Waals surface area contributed by atoms with Crippen molar-refractivity contribution < 1.29 is 9.53 Å². The molecule has 0 aliphatic heterocycles. The number of amides is 1. The van der Waals surface area contributed by atoms with Crippen LogP contribution in [0.2, 0.25) is 0 Å². The Bertz CT molecular complexity index is 366. The summed E-state index contributed by atoms with van der Waals surface area (Å²) in [6, 6.07) is 7.82. The van der Waals surface area contributed by atoms with Gasteiger partial charge in [-0.3, -0.25) is 4.79 Å². The van der Waals surface area contributed by atoms with E-state index in [0.29, 0.717) is 11.9 Å². The van der Waals surface area contributed by atoms with E-state index in [-0.39, 0.29) is 12.5 Å². The number of para-hydroxylation sites is 1. The number of hydrogen-bond donors (Lipinski definition) is 1. The molecule has 1 amide bonds. The molecule has 0 saturated heterocycles. The molecule has 1 aromatic rings. The maximum Gasteiger partial charge on any atom is 0.250 e. The van der Waals surface area contributed by atoms with Gasteiger partial charge in [0.25, 0.3) is 0 Å². The number of rotatable bonds is 6. The van der Waals surface area contributed by atoms with Crippen LogP contribution in [-0.4, -0.2) is 24.4 Å². The maximum absolute atomic E-state index is 11.6. The number of anilines is 1. The third kappa shape index (κ3) is 5.24. The number of ether oxygens (including phenoxy) is 1. The largest absolute Gasteiger partial charge is 0.372 e. The molecule has 1 N–H and O–H groups in total. The van der Waals surface area contributed by atoms with Crippen LogP contribution in [0.3, 0.4) is 0 Å². The van der Waals surface area contributed by atoms with E-state index in [1.54, 1.807) is 11.8 Å². The molecule has 0 unspecified atom stereocenters. The molecule has 0 aromatic heterocycles. The summed E-state index contributed by atoms with van der Waals surface area (Å²) in [6.45, 7) is 6.79. The first-order valence-corrected chi connectivity index (χ1v) is 6.64. The standard InChI is InChI=1S/C13H19NO2S/c1-4-16-9-13(15)14-11-7-5-6-8-12(11)17-10(2)3/h5-8,10H,4,9H2,1-3H3,(H,14,15). The number of carbonyl (C=O) groups is 1. The number of thioether (sulfide) groups is 1. The second kappa shape index (κ2) is 7.35. The molecule has 0 aliphatic rings. The van der Waals surface area contributed by atoms with Gasteiger partial charge in [0.05, 0.1) is 5.69 Å². The van der Waals surface area contributed by atoms with E-state index in [0.717, 1.165) is 10.6 Å². The molecule has 0 aliphatic carbocycles. The summed E-state index contributed by atoms with van der Waals surface area (Å²) in [4.78, 5) is 12.7. The zero-order chi connectivity index (χ0) is 12.7. The van der Waals surface area contributed by atoms with Gasteiger partial charge in [0.15, 0.2) is 0 Å². The van der Waals surface area contributed by atoms with Crippen molar-refractivity contribution in [1.29, 1.82) is 0 Å². The Kier molecular flexibility index (Phi) is 6.08. The Labute approximate surface area is 107 Å². The Morgan fingerprint density at radius 1 is 1.41 bits per heavy atom. The molecule has 0 saturated carbocycles. The smallest absolute Gasteiger partial charge is 0.250 e. The van der Waals surface area contributed by atoms with Gasteiger partial charge in [0, 0.05) is 16.8 Å². The SMILES string of the molecule is CCOCC(=O)Nc1ccccc1SC(C)C. The summed E-state index contributed by atoms with van der Waals surface area (Å²) in [5, 5.41) is 3.35. The lowest BCUT2D eigenvalue weighted by Gasteiger charge is -2.12. The molecule has 0 bridgehead atoms. The van der Waals surface area contributed by atoms with Crippen LogP contribution in [0.15, 0.2) is 29.2 Å². The van der Waals surface area contributed by atoms with E-state index in [2.05, 4.69) is 19.2 Å². The van der Waals surface area contributed by atoms with Crippen molar-refractivity contribution in [2.45, 2.75) is 30.9 Å². The summed E-state index contributed by atoms with van der Waals surface area (Å²) < 4.78 is 5.07. The van der Waals surface area contributed by atoms with Crippen LogP contribution in [0.1, 0.15) is 20.8 Å². The van der Waals surface area contributed by atoms with Gasteiger partial charge in [-0.15, -0.1) is 11.8 Å². The highest BCUT2D eigenvalue weighted by Gasteiger charge is 2.08. The van der Waals surface area contributed by atoms with Crippen molar-refractivity contribution in [3.8, 4) is 0 Å². The fraction of sp³-hybridized carbons (Fsp3) is 0.462. The lowest BCUT2D eigenvalue weighted by atomic mass is 10.3. The second-order valence-electron chi connectivity index (χ2n) is 3.85. The summed E-state index contributed by atoms with van der Waals surface area (Å²) in [5.74, 6) is -0.108. The van der Waals surface area contributed by atoms with Crippen molar-refractivity contribution in [3.05, 3.63) is 24.3 Å². The number of benzene rings is 1. The van der Waals surface area contributed by atoms with Crippen LogP contribution in [0, 0.1) is 0 Å². The van der Waals surface area contributed by atoms with E-state index in [4.69, 9.17) is 4.74 Å². The Balaban J connectivity index is 2.66. The van der Waals surface area contributed by atoms with Crippen LogP contribution in [0.5, 0.6) is 0 Å². The fourth-order valence-corrected chi connectivity index (χ4v) is 2.22. The average Bonchev–Trinajstić information content (AvgIpc) is 2.28. The van der Waals surface area contributed by atoms with Crippen LogP contribution >= 0.6 is 11.8 Å². The Hall–Kier alpha value is -1.00. The first kappa shape index (κ1) is 14.1. The summed E-state index contributed by atoms with van der Waals surface area (Å²) in [6.07, 6.45) is 0. The predicted molar refractivity (Wildman–Crippen MR) is 72.6 cm³/mol. The fourth-order valence-electron chi connectivity index (χ4n) is 1.31. The van der Waals surface area contributed by atoms with Gasteiger partial charge < -0.3 is 10.1 Å². The van der Waals surface area contributed by atoms with E-state index < -0.39 is 0 Å². The first-order valence-electron chi connectivity index (χ1n) is 5.76. The minimum atomic E-state index is -0.108. The minimum Gasteiger partial charge on any atom is -0.372 e. The topological polar surface area (TPSA) is 38.3 Å². The van der Waals surface area contributed by atoms with Gasteiger partial charge in [-0.05, 0) is 19.1 Å². The van der Waals surface area contributed by atoms with Crippen LogP contribution in [0.4, 0.5) is 5.69 Å². The normalized spacial score (nSPS) is 10.6. The minimum absolute atomic E-state index is 0.108. The highest BCUT2D eigenvalue weighted by atomic mass is 32.2. The van der Waals surface area contributed by atoms with Crippen molar-refractivity contribution in [2.24, 2.45) is 0 Å². The highest BCUT2D eigenvalue weighted by Crippen LogP contribution is 2.29. The van der Waals surface area contributed by atoms with Gasteiger partial charge in [-0.2, -0.15) is 0 Å². The molecule has 1 aromatic carbocycles. The van der Waals surface area contributed by atoms with Gasteiger partial charge in [0.2, 0.25) is 5.91 Å². The molecular weight excluding hydrogens is 234 g/mol. The third-order valence-corrected chi connectivity index (χ3v) is 3.04. The summed E-state index contributed by atoms with van der Waals surface area (Å²) in [5.41, 5.74) is 0.857. The molecule has 0 atom stereocenters. The van der Waals surface area contributed by atoms with Crippen molar-refractivity contribution in [1.82, 2.24) is 0 Å². The summed E-state index contributed by atoms with van der Waals surface area (Å²) >= 11 is 1.74. The molecule has 4 heteroatoms. The monoisotopic (exact) mass is 253 g/mol. The first-order chi connectivity index (χ1) is 8.13. The molecule has 3 nitrogen and oxygen atoms in total. The lowest BCUT2D eigenvalue weighted by Crippen LogP contribution is -2.18. The second-order valence-corrected chi connectivity index (χ2v) is 5.47. The zero-order valence-electron chi connectivity index (χ0n) is 10.5. The van der Waals surface area contributed by atoms with Crippen molar-refractivity contribution in [2.75, 3.05) is 18.5 Å². The maximum atomic E-state index is 11.6. The quantitative estimate of drug-likeness (QED) is 0.791. The van der Waals surface area contributed by atoms with Crippen LogP contribution in [0.25, 0.3) is 0 Å².